The smallest absolute Gasteiger partial charge is 0.138 e. The van der Waals surface area contributed by atoms with Crippen LogP contribution < -0.4 is 11.3 Å². The van der Waals surface area contributed by atoms with Crippen molar-refractivity contribution in [2.75, 3.05) is 6.54 Å². The predicted octanol–water partition coefficient (Wildman–Crippen LogP) is 2.08. The summed E-state index contributed by atoms with van der Waals surface area (Å²) >= 11 is 6.32. The Hall–Kier alpha value is -2.24. The number of hydrogen-bond acceptors (Lipinski definition) is 5. The molecule has 1 aliphatic heterocycles. The van der Waals surface area contributed by atoms with Crippen molar-refractivity contribution < 1.29 is 0 Å². The summed E-state index contributed by atoms with van der Waals surface area (Å²) in [6.07, 6.45) is 1.72. The zero-order chi connectivity index (χ0) is 13.9. The molecule has 3 N–H and O–H groups in total. The summed E-state index contributed by atoms with van der Waals surface area (Å²) in [5.41, 5.74) is 5.54. The van der Waals surface area contributed by atoms with Crippen LogP contribution in [0, 0.1) is 0 Å². The minimum absolute atomic E-state index is 0.355. The number of benzene rings is 1. The van der Waals surface area contributed by atoms with E-state index in [2.05, 4.69) is 20.4 Å². The van der Waals surface area contributed by atoms with Gasteiger partial charge in [0.1, 0.15) is 5.84 Å². The van der Waals surface area contributed by atoms with Crippen LogP contribution in [0.5, 0.6) is 0 Å². The number of hydrazine groups is 1. The zero-order valence-electron chi connectivity index (χ0n) is 10.5. The van der Waals surface area contributed by atoms with E-state index in [1.165, 1.54) is 0 Å². The van der Waals surface area contributed by atoms with Gasteiger partial charge in [0.2, 0.25) is 0 Å². The summed E-state index contributed by atoms with van der Waals surface area (Å²) in [5, 5.41) is 0.592. The second-order valence-electron chi connectivity index (χ2n) is 4.22. The van der Waals surface area contributed by atoms with Gasteiger partial charge in [-0.2, -0.15) is 0 Å². The molecular formula is C14H12ClN5. The van der Waals surface area contributed by atoms with Crippen molar-refractivity contribution in [3.8, 4) is 0 Å². The van der Waals surface area contributed by atoms with E-state index in [9.17, 15) is 0 Å². The maximum absolute atomic E-state index is 6.32. The van der Waals surface area contributed by atoms with Crippen LogP contribution in [-0.4, -0.2) is 23.1 Å². The number of halogens is 1. The van der Waals surface area contributed by atoms with Crippen LogP contribution in [0.25, 0.3) is 0 Å². The van der Waals surface area contributed by atoms with E-state index in [0.717, 1.165) is 22.7 Å². The highest BCUT2D eigenvalue weighted by Crippen LogP contribution is 2.30. The first-order valence-electron chi connectivity index (χ1n) is 6.08. The highest BCUT2D eigenvalue weighted by Gasteiger charge is 2.19. The molecule has 3 rings (SSSR count). The molecule has 20 heavy (non-hydrogen) atoms. The van der Waals surface area contributed by atoms with E-state index in [0.29, 0.717) is 17.4 Å². The van der Waals surface area contributed by atoms with Gasteiger partial charge in [0, 0.05) is 11.8 Å². The SMILES string of the molecule is NNC1=Nc2cccc(Cl)c2C(c2ccccn2)=NC1. The molecular weight excluding hydrogens is 274 g/mol. The van der Waals surface area contributed by atoms with Crippen molar-refractivity contribution in [3.63, 3.8) is 0 Å². The number of aromatic nitrogens is 1. The molecule has 1 aliphatic rings. The van der Waals surface area contributed by atoms with E-state index in [1.54, 1.807) is 6.20 Å². The number of nitrogens with one attached hydrogen (secondary N) is 1. The normalized spacial score (nSPS) is 13.9. The van der Waals surface area contributed by atoms with Crippen LogP contribution in [0.4, 0.5) is 5.69 Å². The molecule has 0 fully saturated rings. The Kier molecular flexibility index (Phi) is 3.45. The summed E-state index contributed by atoms with van der Waals surface area (Å²) in [4.78, 5) is 13.3. The molecule has 0 aliphatic carbocycles. The van der Waals surface area contributed by atoms with Crippen molar-refractivity contribution >= 4 is 28.8 Å². The van der Waals surface area contributed by atoms with Gasteiger partial charge in [-0.05, 0) is 24.3 Å². The van der Waals surface area contributed by atoms with Crippen LogP contribution in [0.2, 0.25) is 5.02 Å². The molecule has 2 heterocycles. The van der Waals surface area contributed by atoms with Gasteiger partial charge in [0.05, 0.1) is 28.7 Å². The first-order valence-corrected chi connectivity index (χ1v) is 6.46. The number of nitrogens with zero attached hydrogens (tertiary/aromatic N) is 3. The van der Waals surface area contributed by atoms with Crippen molar-refractivity contribution in [3.05, 3.63) is 58.9 Å². The number of rotatable bonds is 1. The van der Waals surface area contributed by atoms with Crippen molar-refractivity contribution in [2.24, 2.45) is 15.8 Å². The van der Waals surface area contributed by atoms with Gasteiger partial charge < -0.3 is 5.43 Å². The van der Waals surface area contributed by atoms with Gasteiger partial charge in [0.15, 0.2) is 0 Å². The van der Waals surface area contributed by atoms with Crippen molar-refractivity contribution in [1.82, 2.24) is 10.4 Å². The molecule has 0 spiro atoms. The van der Waals surface area contributed by atoms with E-state index in [-0.39, 0.29) is 0 Å². The number of aliphatic imine (C=N–C) groups is 2. The lowest BCUT2D eigenvalue weighted by atomic mass is 10.0. The maximum atomic E-state index is 6.32. The van der Waals surface area contributed by atoms with Gasteiger partial charge in [-0.3, -0.25) is 9.98 Å². The average Bonchev–Trinajstić information content (AvgIpc) is 2.68. The maximum Gasteiger partial charge on any atom is 0.138 e. The number of hydrogen-bond donors (Lipinski definition) is 2. The highest BCUT2D eigenvalue weighted by atomic mass is 35.5. The lowest BCUT2D eigenvalue weighted by molar-refractivity contribution is 0.992. The highest BCUT2D eigenvalue weighted by molar-refractivity contribution is 6.36. The first-order chi connectivity index (χ1) is 9.79. The van der Waals surface area contributed by atoms with Crippen molar-refractivity contribution in [2.45, 2.75) is 0 Å². The largest absolute Gasteiger partial charge is 0.310 e. The van der Waals surface area contributed by atoms with Gasteiger partial charge in [-0.25, -0.2) is 10.8 Å². The molecule has 6 heteroatoms. The van der Waals surface area contributed by atoms with Crippen LogP contribution in [0.1, 0.15) is 11.3 Å². The minimum Gasteiger partial charge on any atom is -0.310 e. The molecule has 0 atom stereocenters. The molecule has 0 saturated heterocycles. The van der Waals surface area contributed by atoms with Gasteiger partial charge >= 0.3 is 0 Å². The Morgan fingerprint density at radius 3 is 2.80 bits per heavy atom. The summed E-state index contributed by atoms with van der Waals surface area (Å²) in [5.74, 6) is 6.04. The Morgan fingerprint density at radius 1 is 1.15 bits per heavy atom. The number of fused-ring (bicyclic) bond motifs is 1. The summed E-state index contributed by atoms with van der Waals surface area (Å²) in [6.45, 7) is 0.355. The number of pyridine rings is 1. The van der Waals surface area contributed by atoms with Crippen LogP contribution in [0.3, 0.4) is 0 Å². The Balaban J connectivity index is 2.22. The van der Waals surface area contributed by atoms with Crippen LogP contribution in [0.15, 0.2) is 52.6 Å². The third-order valence-electron chi connectivity index (χ3n) is 2.94. The molecule has 0 saturated carbocycles. The summed E-state index contributed by atoms with van der Waals surface area (Å²) < 4.78 is 0. The lowest BCUT2D eigenvalue weighted by Gasteiger charge is -2.09. The minimum atomic E-state index is 0.355. The van der Waals surface area contributed by atoms with Gasteiger partial charge in [-0.1, -0.05) is 23.7 Å². The zero-order valence-corrected chi connectivity index (χ0v) is 11.3. The monoisotopic (exact) mass is 285 g/mol. The van der Waals surface area contributed by atoms with Crippen LogP contribution in [-0.2, 0) is 0 Å². The first kappa shape index (κ1) is 12.8. The Bertz CT molecular complexity index is 694. The van der Waals surface area contributed by atoms with Crippen molar-refractivity contribution in [1.29, 1.82) is 0 Å². The number of nitrogens with two attached hydrogens (primary N) is 1. The quantitative estimate of drug-likeness (QED) is 0.622. The lowest BCUT2D eigenvalue weighted by Crippen LogP contribution is -2.32. The molecule has 5 nitrogen and oxygen atoms in total. The fraction of sp³-hybridized carbons (Fsp3) is 0.0714. The van der Waals surface area contributed by atoms with E-state index < -0.39 is 0 Å². The molecule has 1 aromatic carbocycles. The second kappa shape index (κ2) is 5.40. The topological polar surface area (TPSA) is 75.7 Å². The van der Waals surface area contributed by atoms with Gasteiger partial charge in [0.25, 0.3) is 0 Å². The number of amidine groups is 1. The fourth-order valence-electron chi connectivity index (χ4n) is 2.04. The second-order valence-corrected chi connectivity index (χ2v) is 4.62. The molecule has 2 aromatic rings. The Labute approximate surface area is 121 Å². The molecule has 0 radical (unpaired) electrons. The Morgan fingerprint density at radius 2 is 2.05 bits per heavy atom. The predicted molar refractivity (Wildman–Crippen MR) is 80.6 cm³/mol. The van der Waals surface area contributed by atoms with Crippen LogP contribution >= 0.6 is 11.6 Å². The summed E-state index contributed by atoms with van der Waals surface area (Å²) in [7, 11) is 0. The summed E-state index contributed by atoms with van der Waals surface area (Å²) in [6, 6.07) is 11.2. The average molecular weight is 286 g/mol. The van der Waals surface area contributed by atoms with E-state index in [4.69, 9.17) is 17.4 Å². The van der Waals surface area contributed by atoms with Gasteiger partial charge in [-0.15, -0.1) is 0 Å². The molecule has 1 aromatic heterocycles. The molecule has 0 amide bonds. The third kappa shape index (κ3) is 2.29. The van der Waals surface area contributed by atoms with E-state index >= 15 is 0 Å². The molecule has 100 valence electrons. The third-order valence-corrected chi connectivity index (χ3v) is 3.26. The molecule has 0 bridgehead atoms. The fourth-order valence-corrected chi connectivity index (χ4v) is 2.30. The standard InChI is InChI=1S/C14H12ClN5/c15-9-4-3-6-10-13(9)14(11-5-1-2-7-17-11)18-8-12(19-10)20-16/h1-7H,8,16H2,(H,19,20). The molecule has 0 unspecified atom stereocenters. The van der Waals surface area contributed by atoms with E-state index in [1.807, 2.05) is 36.4 Å².